The molecule has 19 amide bonds. The van der Waals surface area contributed by atoms with Crippen LogP contribution in [-0.4, -0.2) is 308 Å². The number of carboxylic acids is 4. The Morgan fingerprint density at radius 1 is 0.352 bits per heavy atom. The number of unbranched alkanes of at least 4 members (excludes halogenated alkanes) is 1. The summed E-state index contributed by atoms with van der Waals surface area (Å²) < 4.78 is 0. The van der Waals surface area contributed by atoms with E-state index in [2.05, 4.69) is 103 Å². The molecule has 19 atom stereocenters. The van der Waals surface area contributed by atoms with Crippen molar-refractivity contribution >= 4 is 155 Å². The summed E-state index contributed by atoms with van der Waals surface area (Å²) >= 11 is 3.95. The van der Waals surface area contributed by atoms with Gasteiger partial charge in [0.15, 0.2) is 0 Å². The van der Waals surface area contributed by atoms with Crippen LogP contribution in [0.15, 0.2) is 30.3 Å². The number of thiol groups is 1. The summed E-state index contributed by atoms with van der Waals surface area (Å²) in [5, 5.41) is 100. The second-order valence-corrected chi connectivity index (χ2v) is 36.5. The Kier molecular flexibility index (Phi) is 59.5. The van der Waals surface area contributed by atoms with Crippen molar-refractivity contribution in [1.29, 1.82) is 0 Å². The lowest BCUT2D eigenvalue weighted by molar-refractivity contribution is -0.140. The number of rotatable bonds is 72. The third kappa shape index (κ3) is 49.3. The van der Waals surface area contributed by atoms with Crippen LogP contribution >= 0.6 is 12.6 Å². The number of aldehydes is 1. The van der Waals surface area contributed by atoms with Crippen molar-refractivity contribution in [3.05, 3.63) is 35.9 Å². The Morgan fingerprint density at radius 3 is 1.06 bits per heavy atom. The summed E-state index contributed by atoms with van der Waals surface area (Å²) in [6.07, 6.45) is -6.86. The summed E-state index contributed by atoms with van der Waals surface area (Å²) in [5.41, 5.74) is 22.9. The number of benzene rings is 1. The third-order valence-electron chi connectivity index (χ3n) is 22.3. The number of aliphatic carboxylic acids is 4. The number of amides is 19. The van der Waals surface area contributed by atoms with E-state index in [1.165, 1.54) is 27.7 Å². The molecule has 0 heterocycles. The molecule has 1 rings (SSSR count). The molecule has 51 nitrogen and oxygen atoms in total. The fourth-order valence-electron chi connectivity index (χ4n) is 14.0. The molecule has 52 heteroatoms. The number of carboxylic acid groups (broad SMARTS) is 4. The zero-order chi connectivity index (χ0) is 108. The van der Waals surface area contributed by atoms with E-state index >= 15 is 0 Å². The zero-order valence-electron chi connectivity index (χ0n) is 82.2. The van der Waals surface area contributed by atoms with E-state index in [1.54, 1.807) is 71.9 Å². The van der Waals surface area contributed by atoms with E-state index in [4.69, 9.17) is 22.9 Å². The molecule has 31 N–H and O–H groups in total. The molecule has 142 heavy (non-hydrogen) atoms. The van der Waals surface area contributed by atoms with E-state index in [0.29, 0.717) is 24.7 Å². The normalized spacial score (nSPS) is 15.2. The second-order valence-electron chi connectivity index (χ2n) is 36.2. The molecule has 0 aliphatic heterocycles. The molecular weight excluding hydrogens is 1890 g/mol. The highest BCUT2D eigenvalue weighted by Crippen LogP contribution is 2.19. The predicted molar refractivity (Wildman–Crippen MR) is 511 cm³/mol. The van der Waals surface area contributed by atoms with Gasteiger partial charge in [-0.1, -0.05) is 126 Å². The molecule has 1 aromatic carbocycles. The van der Waals surface area contributed by atoms with Crippen LogP contribution in [0.4, 0.5) is 0 Å². The summed E-state index contributed by atoms with van der Waals surface area (Å²) in [4.78, 5) is 324. The minimum atomic E-state index is -2.04. The van der Waals surface area contributed by atoms with E-state index < -0.39 is 359 Å². The molecular formula is C90H147N21O30S. The van der Waals surface area contributed by atoms with Crippen molar-refractivity contribution in [1.82, 2.24) is 90.4 Å². The van der Waals surface area contributed by atoms with Crippen molar-refractivity contribution in [3.8, 4) is 0 Å². The third-order valence-corrected chi connectivity index (χ3v) is 22.7. The van der Waals surface area contributed by atoms with Crippen molar-refractivity contribution in [2.75, 3.05) is 32.1 Å². The SMILES string of the molecule is CC[C@H](C)[C@H](NC(=O)[C@H](CO)NC(=O)C(CCC(=O)O)NC(=O)[C@H](CC(C)C)NC(=O)C(CCC(N)=O)NC(=O)[C@H](CCC(=O)O)NC(=O)C(CC(C)C)NC(=O)CNC(=O)C(CO)NC(=O)[C@@H](NC(=O)C(CCC(=O)O)NC(=O)[C@@H](N)CS)C(C)C)C(=O)N[C@H](C(=O)NC(CC(N)=O)C(=O)N[C@@H](Cc1ccccc1)C(=O)NC(CCC(=O)O)C(=O)N[C@@H](CCCCN)C(=O)N[C@H](C=O)CC(C)C)[C@@H](C)CC. The quantitative estimate of drug-likeness (QED) is 0.0164. The van der Waals surface area contributed by atoms with Gasteiger partial charge in [0.25, 0.3) is 0 Å². The highest BCUT2D eigenvalue weighted by Gasteiger charge is 2.42. The van der Waals surface area contributed by atoms with Gasteiger partial charge in [0.2, 0.25) is 112 Å². The lowest BCUT2D eigenvalue weighted by Crippen LogP contribution is -2.63. The minimum absolute atomic E-state index is 0.000814. The number of hydrogen-bond acceptors (Lipinski definition) is 29. The molecule has 0 saturated carbocycles. The maximum atomic E-state index is 14.7. The Bertz CT molecular complexity index is 4440. The summed E-state index contributed by atoms with van der Waals surface area (Å²) in [6, 6.07) is -20.0. The number of aliphatic hydroxyl groups is 2. The maximum Gasteiger partial charge on any atom is 0.303 e. The smallest absolute Gasteiger partial charge is 0.303 e. The first-order chi connectivity index (χ1) is 66.6. The molecule has 0 aromatic heterocycles. The number of nitrogens with two attached hydrogens (primary N) is 4. The highest BCUT2D eigenvalue weighted by atomic mass is 32.1. The number of primary amides is 2. The van der Waals surface area contributed by atoms with E-state index in [-0.39, 0.29) is 63.2 Å². The Morgan fingerprint density at radius 2 is 0.669 bits per heavy atom. The van der Waals surface area contributed by atoms with Crippen molar-refractivity contribution < 1.29 is 146 Å². The molecule has 7 unspecified atom stereocenters. The largest absolute Gasteiger partial charge is 0.481 e. The van der Waals surface area contributed by atoms with Gasteiger partial charge in [-0.3, -0.25) is 110 Å². The summed E-state index contributed by atoms with van der Waals surface area (Å²) in [7, 11) is 0. The first-order valence-electron chi connectivity index (χ1n) is 47.0. The predicted octanol–water partition coefficient (Wildman–Crippen LogP) is -6.84. The zero-order valence-corrected chi connectivity index (χ0v) is 83.1. The minimum Gasteiger partial charge on any atom is -0.481 e. The second kappa shape index (κ2) is 66.6. The number of carbonyl (C=O) groups excluding carboxylic acids is 20. The standard InChI is InChI=1S/C90H147N21O30S/c1-13-48(11)73(89(140)106-62(38-66(94)116)86(137)105-61(37-50-20-16-15-17-21-50)85(136)103-55(24-29-68(118)119)78(129)99-53(22-18-19-33-91)77(128)96-51(40-112)34-44(3)4)111-90(141)74(49(12)14-2)110-87(138)64(42-114)107-81(132)57(26-31-70(122)123)102-84(135)60(36-46(7)8)104-80(131)54(23-28-65(93)115)100-79(130)56(25-30-69(120)121)101-83(134)59(35-45(5)6)97-67(117)39-95-76(127)63(41-113)108-88(139)72(47(9)10)109-82(133)58(27-32-71(124)125)98-75(126)52(92)43-142/h15-17,20-21,40,44-49,51-64,72-74,113-114,142H,13-14,18-19,22-39,41-43,91-92H2,1-12H3,(H2,93,115)(H2,94,116)(H,95,127)(H,96,128)(H,97,117)(H,98,126)(H,99,129)(H,100,130)(H,101,134)(H,102,135)(H,103,136)(H,104,131)(H,105,137)(H,106,140)(H,107,132)(H,108,139)(H,109,133)(H,110,138)(H,111,141)(H,118,119)(H,120,121)(H,122,123)(H,124,125)/t48-,49-,51-,52-,53-,54?,55?,56-,57?,58?,59?,60-,61-,62?,63?,64-,72-,73-,74-/m0/s1. The van der Waals surface area contributed by atoms with Crippen LogP contribution in [0.5, 0.6) is 0 Å². The monoisotopic (exact) mass is 2030 g/mol. The van der Waals surface area contributed by atoms with Crippen LogP contribution in [0.3, 0.4) is 0 Å². The molecule has 798 valence electrons. The lowest BCUT2D eigenvalue weighted by Gasteiger charge is -2.31. The lowest BCUT2D eigenvalue weighted by atomic mass is 9.94. The van der Waals surface area contributed by atoms with Crippen LogP contribution in [-0.2, 0) is 121 Å². The Hall–Kier alpha value is -13.1. The number of carbonyl (C=O) groups is 24. The van der Waals surface area contributed by atoms with Gasteiger partial charge in [-0.2, -0.15) is 12.6 Å². The van der Waals surface area contributed by atoms with E-state index in [0.717, 1.165) is 0 Å². The Balaban J connectivity index is 3.71. The summed E-state index contributed by atoms with van der Waals surface area (Å²) in [6.45, 7) is 16.1. The van der Waals surface area contributed by atoms with Gasteiger partial charge in [0.1, 0.15) is 96.9 Å². The molecule has 0 saturated heterocycles. The van der Waals surface area contributed by atoms with Crippen LogP contribution < -0.4 is 113 Å². The van der Waals surface area contributed by atoms with Crippen molar-refractivity contribution in [2.24, 2.45) is 58.4 Å². The number of aliphatic hydroxyl groups excluding tert-OH is 2. The fourth-order valence-corrected chi connectivity index (χ4v) is 14.1. The van der Waals surface area contributed by atoms with Gasteiger partial charge in [-0.25, -0.2) is 0 Å². The molecule has 0 bridgehead atoms. The maximum absolute atomic E-state index is 14.7. The molecule has 0 aliphatic rings. The van der Waals surface area contributed by atoms with Crippen molar-refractivity contribution in [2.45, 2.75) is 314 Å². The molecule has 0 spiro atoms. The van der Waals surface area contributed by atoms with E-state index in [9.17, 15) is 146 Å². The average Bonchev–Trinajstić information content (AvgIpc) is 0.826. The molecule has 0 aliphatic carbocycles. The average molecular weight is 2040 g/mol. The first-order valence-corrected chi connectivity index (χ1v) is 47.6. The Labute approximate surface area is 828 Å². The van der Waals surface area contributed by atoms with Gasteiger partial charge in [-0.15, -0.1) is 0 Å². The summed E-state index contributed by atoms with van der Waals surface area (Å²) in [5.74, 6) is -30.6. The van der Waals surface area contributed by atoms with Crippen LogP contribution in [0.25, 0.3) is 0 Å². The van der Waals surface area contributed by atoms with Gasteiger partial charge in [0.05, 0.1) is 38.3 Å². The van der Waals surface area contributed by atoms with Gasteiger partial charge in [-0.05, 0) is 118 Å². The molecule has 0 radical (unpaired) electrons. The number of nitrogens with one attached hydrogen (secondary N) is 17. The topological polar surface area (TPSA) is 840 Å². The molecule has 1 aromatic rings. The van der Waals surface area contributed by atoms with Gasteiger partial charge < -0.3 is 149 Å². The molecule has 0 fully saturated rings. The van der Waals surface area contributed by atoms with E-state index in [1.807, 2.05) is 13.8 Å². The fraction of sp³-hybridized carbons (Fsp3) is 0.667. The van der Waals surface area contributed by atoms with Gasteiger partial charge >= 0.3 is 23.9 Å². The van der Waals surface area contributed by atoms with Gasteiger partial charge in [0, 0.05) is 44.3 Å². The van der Waals surface area contributed by atoms with Crippen LogP contribution in [0.2, 0.25) is 0 Å². The highest BCUT2D eigenvalue weighted by molar-refractivity contribution is 7.80. The van der Waals surface area contributed by atoms with Crippen LogP contribution in [0, 0.1) is 35.5 Å². The number of hydrogen-bond donors (Lipinski definition) is 28. The van der Waals surface area contributed by atoms with Crippen LogP contribution in [0.1, 0.15) is 211 Å². The van der Waals surface area contributed by atoms with Crippen molar-refractivity contribution in [3.63, 3.8) is 0 Å². The first kappa shape index (κ1) is 127.